The zero-order valence-corrected chi connectivity index (χ0v) is 15.5. The Balaban J connectivity index is 1.82. The monoisotopic (exact) mass is 362 g/mol. The maximum Gasteiger partial charge on any atom is 0.286 e. The van der Waals surface area contributed by atoms with E-state index in [2.05, 4.69) is 5.32 Å². The van der Waals surface area contributed by atoms with E-state index in [0.717, 1.165) is 12.3 Å². The van der Waals surface area contributed by atoms with Gasteiger partial charge < -0.3 is 14.8 Å². The number of ether oxygens (including phenoxy) is 2. The number of nitro benzene ring substituents is 1. The number of nitro groups is 1. The van der Waals surface area contributed by atoms with Crippen molar-refractivity contribution in [2.24, 2.45) is 17.8 Å². The molecule has 3 rings (SSSR count). The summed E-state index contributed by atoms with van der Waals surface area (Å²) < 4.78 is 10.6. The molecule has 7 heteroatoms. The lowest BCUT2D eigenvalue weighted by atomic mass is 9.84. The van der Waals surface area contributed by atoms with Crippen LogP contribution in [0.2, 0.25) is 0 Å². The van der Waals surface area contributed by atoms with Gasteiger partial charge in [-0.2, -0.15) is 0 Å². The summed E-state index contributed by atoms with van der Waals surface area (Å²) in [6, 6.07) is 2.65. The fourth-order valence-corrected chi connectivity index (χ4v) is 4.61. The second kappa shape index (κ2) is 7.51. The Kier molecular flexibility index (Phi) is 5.34. The SMILES string of the molecule is CCOc1cc([N+](=O)[O-])c(C(=O)NC(C)C2CC3CCC2C3)cc1OC. The van der Waals surface area contributed by atoms with Crippen LogP contribution in [0, 0.1) is 27.9 Å². The van der Waals surface area contributed by atoms with E-state index in [1.54, 1.807) is 6.92 Å². The number of carbonyl (C=O) groups excluding carboxylic acids is 1. The molecule has 0 spiro atoms. The van der Waals surface area contributed by atoms with E-state index in [4.69, 9.17) is 9.47 Å². The smallest absolute Gasteiger partial charge is 0.286 e. The van der Waals surface area contributed by atoms with E-state index in [9.17, 15) is 14.9 Å². The van der Waals surface area contributed by atoms with Crippen LogP contribution in [-0.4, -0.2) is 30.6 Å². The van der Waals surface area contributed by atoms with Gasteiger partial charge in [-0.25, -0.2) is 0 Å². The van der Waals surface area contributed by atoms with E-state index < -0.39 is 10.8 Å². The van der Waals surface area contributed by atoms with E-state index >= 15 is 0 Å². The number of methoxy groups -OCH3 is 1. The Morgan fingerprint density at radius 3 is 2.65 bits per heavy atom. The van der Waals surface area contributed by atoms with Crippen molar-refractivity contribution < 1.29 is 19.2 Å². The van der Waals surface area contributed by atoms with Crippen LogP contribution in [0.1, 0.15) is 49.9 Å². The van der Waals surface area contributed by atoms with Gasteiger partial charge in [-0.3, -0.25) is 14.9 Å². The van der Waals surface area contributed by atoms with Crippen LogP contribution in [0.5, 0.6) is 11.5 Å². The number of fused-ring (bicyclic) bond motifs is 2. The van der Waals surface area contributed by atoms with Gasteiger partial charge in [0.05, 0.1) is 24.7 Å². The van der Waals surface area contributed by atoms with Crippen LogP contribution in [0.4, 0.5) is 5.69 Å². The molecule has 2 fully saturated rings. The third-order valence-electron chi connectivity index (χ3n) is 5.82. The maximum absolute atomic E-state index is 12.8. The highest BCUT2D eigenvalue weighted by Gasteiger charge is 2.42. The van der Waals surface area contributed by atoms with E-state index in [1.165, 1.54) is 38.5 Å². The minimum atomic E-state index is -0.556. The number of amides is 1. The van der Waals surface area contributed by atoms with Gasteiger partial charge in [0.15, 0.2) is 11.5 Å². The van der Waals surface area contributed by atoms with Gasteiger partial charge in [0.25, 0.3) is 11.6 Å². The Morgan fingerprint density at radius 2 is 2.12 bits per heavy atom. The molecule has 142 valence electrons. The van der Waals surface area contributed by atoms with Crippen LogP contribution in [0.3, 0.4) is 0 Å². The fraction of sp³-hybridized carbons (Fsp3) is 0.632. The predicted molar refractivity (Wildman–Crippen MR) is 96.7 cm³/mol. The van der Waals surface area contributed by atoms with Gasteiger partial charge in [-0.05, 0) is 50.9 Å². The van der Waals surface area contributed by atoms with Crippen molar-refractivity contribution in [2.45, 2.75) is 45.6 Å². The minimum Gasteiger partial charge on any atom is -0.493 e. The van der Waals surface area contributed by atoms with Gasteiger partial charge in [0, 0.05) is 12.1 Å². The van der Waals surface area contributed by atoms with Gasteiger partial charge in [0.2, 0.25) is 0 Å². The number of carbonyl (C=O) groups is 1. The Morgan fingerprint density at radius 1 is 1.35 bits per heavy atom. The standard InChI is InChI=1S/C19H26N2O5/c1-4-26-18-10-16(21(23)24)15(9-17(18)25-3)19(22)20-11(2)14-8-12-5-6-13(14)7-12/h9-14H,4-8H2,1-3H3,(H,20,22). The van der Waals surface area contributed by atoms with Crippen molar-refractivity contribution in [3.8, 4) is 11.5 Å². The van der Waals surface area contributed by atoms with Gasteiger partial charge >= 0.3 is 0 Å². The van der Waals surface area contributed by atoms with Crippen LogP contribution in [0.15, 0.2) is 12.1 Å². The first-order chi connectivity index (χ1) is 12.4. The highest BCUT2D eigenvalue weighted by Crippen LogP contribution is 2.49. The quantitative estimate of drug-likeness (QED) is 0.591. The van der Waals surface area contributed by atoms with Crippen molar-refractivity contribution in [3.63, 3.8) is 0 Å². The Hall–Kier alpha value is -2.31. The largest absolute Gasteiger partial charge is 0.493 e. The number of hydrogen-bond donors (Lipinski definition) is 1. The van der Waals surface area contributed by atoms with Gasteiger partial charge in [-0.1, -0.05) is 6.42 Å². The number of nitrogens with zero attached hydrogens (tertiary/aromatic N) is 1. The Bertz CT molecular complexity index is 705. The molecule has 0 aliphatic heterocycles. The van der Waals surface area contributed by atoms with Crippen molar-refractivity contribution in [2.75, 3.05) is 13.7 Å². The summed E-state index contributed by atoms with van der Waals surface area (Å²) in [6.45, 7) is 4.13. The molecule has 2 saturated carbocycles. The average molecular weight is 362 g/mol. The van der Waals surface area contributed by atoms with E-state index in [1.807, 2.05) is 6.92 Å². The van der Waals surface area contributed by atoms with E-state index in [0.29, 0.717) is 24.2 Å². The molecule has 1 aromatic rings. The molecule has 0 aromatic heterocycles. The second-order valence-electron chi connectivity index (χ2n) is 7.31. The molecule has 1 N–H and O–H groups in total. The summed E-state index contributed by atoms with van der Waals surface area (Å²) in [6.07, 6.45) is 4.92. The predicted octanol–water partition coefficient (Wildman–Crippen LogP) is 3.56. The molecule has 2 bridgehead atoms. The van der Waals surface area contributed by atoms with Crippen LogP contribution < -0.4 is 14.8 Å². The molecule has 4 atom stereocenters. The Labute approximate surface area is 153 Å². The fourth-order valence-electron chi connectivity index (χ4n) is 4.61. The van der Waals surface area contributed by atoms with Crippen molar-refractivity contribution in [3.05, 3.63) is 27.8 Å². The molecule has 0 radical (unpaired) electrons. The molecule has 4 unspecified atom stereocenters. The van der Waals surface area contributed by atoms with Gasteiger partial charge in [-0.15, -0.1) is 0 Å². The lowest BCUT2D eigenvalue weighted by Crippen LogP contribution is -2.40. The van der Waals surface area contributed by atoms with Crippen molar-refractivity contribution in [1.29, 1.82) is 0 Å². The maximum atomic E-state index is 12.8. The van der Waals surface area contributed by atoms with Gasteiger partial charge in [0.1, 0.15) is 5.56 Å². The zero-order valence-electron chi connectivity index (χ0n) is 15.5. The second-order valence-corrected chi connectivity index (χ2v) is 7.31. The number of benzene rings is 1. The lowest BCUT2D eigenvalue weighted by molar-refractivity contribution is -0.385. The van der Waals surface area contributed by atoms with Crippen LogP contribution >= 0.6 is 0 Å². The summed E-state index contributed by atoms with van der Waals surface area (Å²) in [5.74, 6) is 2.05. The number of rotatable bonds is 7. The number of nitrogens with one attached hydrogen (secondary N) is 1. The molecular formula is C19H26N2O5. The van der Waals surface area contributed by atoms with Crippen molar-refractivity contribution >= 4 is 11.6 Å². The normalized spacial score (nSPS) is 25.0. The first-order valence-electron chi connectivity index (χ1n) is 9.24. The topological polar surface area (TPSA) is 90.7 Å². The van der Waals surface area contributed by atoms with E-state index in [-0.39, 0.29) is 23.0 Å². The average Bonchev–Trinajstić information content (AvgIpc) is 3.24. The number of hydrogen-bond acceptors (Lipinski definition) is 5. The molecule has 0 saturated heterocycles. The first-order valence-corrected chi connectivity index (χ1v) is 9.24. The molecular weight excluding hydrogens is 336 g/mol. The first kappa shape index (κ1) is 18.5. The van der Waals surface area contributed by atoms with Crippen molar-refractivity contribution in [1.82, 2.24) is 5.32 Å². The summed E-state index contributed by atoms with van der Waals surface area (Å²) in [5, 5.41) is 14.4. The minimum absolute atomic E-state index is 0.00466. The summed E-state index contributed by atoms with van der Waals surface area (Å²) in [5.41, 5.74) is -0.266. The molecule has 1 amide bonds. The molecule has 2 aliphatic rings. The highest BCUT2D eigenvalue weighted by molar-refractivity contribution is 5.99. The highest BCUT2D eigenvalue weighted by atomic mass is 16.6. The third kappa shape index (κ3) is 3.48. The van der Waals surface area contributed by atoms with Crippen LogP contribution in [-0.2, 0) is 0 Å². The van der Waals surface area contributed by atoms with Crippen LogP contribution in [0.25, 0.3) is 0 Å². The molecule has 26 heavy (non-hydrogen) atoms. The third-order valence-corrected chi connectivity index (χ3v) is 5.82. The summed E-state index contributed by atoms with van der Waals surface area (Å²) in [7, 11) is 1.45. The lowest BCUT2D eigenvalue weighted by Gasteiger charge is -2.28. The molecule has 2 aliphatic carbocycles. The molecule has 1 aromatic carbocycles. The summed E-state index contributed by atoms with van der Waals surface area (Å²) in [4.78, 5) is 23.7. The summed E-state index contributed by atoms with van der Waals surface area (Å²) >= 11 is 0. The molecule has 0 heterocycles. The zero-order chi connectivity index (χ0) is 18.8. The molecule has 7 nitrogen and oxygen atoms in total.